The fourth-order valence-electron chi connectivity index (χ4n) is 3.76. The highest BCUT2D eigenvalue weighted by Gasteiger charge is 2.25. The smallest absolute Gasteiger partial charge is 0.332 e. The molecule has 0 saturated carbocycles. The van der Waals surface area contributed by atoms with Crippen LogP contribution in [0.4, 0.5) is 5.82 Å². The van der Waals surface area contributed by atoms with Crippen molar-refractivity contribution < 1.29 is 4.79 Å². The molecule has 2 aromatic rings. The normalized spacial score (nSPS) is 15.7. The number of piperazine rings is 1. The quantitative estimate of drug-likeness (QED) is 0.622. The van der Waals surface area contributed by atoms with Crippen molar-refractivity contribution in [1.29, 1.82) is 0 Å². The van der Waals surface area contributed by atoms with E-state index in [-0.39, 0.29) is 29.6 Å². The summed E-state index contributed by atoms with van der Waals surface area (Å²) in [5.74, 6) is -0.179. The van der Waals surface area contributed by atoms with Crippen LogP contribution in [0.1, 0.15) is 29.1 Å². The summed E-state index contributed by atoms with van der Waals surface area (Å²) in [5.41, 5.74) is 4.95. The van der Waals surface area contributed by atoms with Crippen LogP contribution in [0.2, 0.25) is 0 Å². The van der Waals surface area contributed by atoms with Crippen LogP contribution in [0.3, 0.4) is 0 Å². The minimum atomic E-state index is -0.614. The van der Waals surface area contributed by atoms with Gasteiger partial charge in [0.05, 0.1) is 6.54 Å². The average Bonchev–Trinajstić information content (AvgIpc) is 3.23. The van der Waals surface area contributed by atoms with Crippen molar-refractivity contribution in [1.82, 2.24) is 18.9 Å². The maximum Gasteiger partial charge on any atom is 0.332 e. The van der Waals surface area contributed by atoms with E-state index in [1.54, 1.807) is 11.3 Å². The first kappa shape index (κ1) is 22.5. The molecule has 0 spiro atoms. The summed E-state index contributed by atoms with van der Waals surface area (Å²) in [5, 5.41) is 2.10. The Bertz CT molecular complexity index is 985. The lowest BCUT2D eigenvalue weighted by atomic mass is 10.1. The minimum absolute atomic E-state index is 0.0172. The summed E-state index contributed by atoms with van der Waals surface area (Å²) in [6.45, 7) is 8.73. The number of rotatable bonds is 8. The second kappa shape index (κ2) is 9.72. The molecule has 0 atom stereocenters. The van der Waals surface area contributed by atoms with Crippen LogP contribution >= 0.6 is 11.3 Å². The topological polar surface area (TPSA) is 93.6 Å². The molecule has 0 bridgehead atoms. The zero-order valence-corrected chi connectivity index (χ0v) is 18.8. The monoisotopic (exact) mass is 433 g/mol. The van der Waals surface area contributed by atoms with E-state index in [0.717, 1.165) is 43.7 Å². The molecule has 0 radical (unpaired) electrons. The van der Waals surface area contributed by atoms with Gasteiger partial charge in [-0.1, -0.05) is 19.9 Å². The summed E-state index contributed by atoms with van der Waals surface area (Å²) in [4.78, 5) is 43.8. The van der Waals surface area contributed by atoms with Crippen molar-refractivity contribution in [3.63, 3.8) is 0 Å². The molecular weight excluding hydrogens is 402 g/mol. The summed E-state index contributed by atoms with van der Waals surface area (Å²) in [6, 6.07) is 4.23. The van der Waals surface area contributed by atoms with Crippen LogP contribution in [0.25, 0.3) is 0 Å². The summed E-state index contributed by atoms with van der Waals surface area (Å²) in [6.07, 6.45) is 1.04. The van der Waals surface area contributed by atoms with Crippen molar-refractivity contribution in [3.8, 4) is 0 Å². The third kappa shape index (κ3) is 5.08. The van der Waals surface area contributed by atoms with E-state index < -0.39 is 11.2 Å². The van der Waals surface area contributed by atoms with Crippen LogP contribution < -0.4 is 17.0 Å². The Balaban J connectivity index is 1.64. The van der Waals surface area contributed by atoms with Gasteiger partial charge in [0, 0.05) is 51.2 Å². The van der Waals surface area contributed by atoms with Gasteiger partial charge in [0.1, 0.15) is 11.4 Å². The number of hydrogen-bond acceptors (Lipinski definition) is 7. The number of nitrogen functional groups attached to an aromatic ring is 1. The van der Waals surface area contributed by atoms with Crippen molar-refractivity contribution in [3.05, 3.63) is 48.8 Å². The van der Waals surface area contributed by atoms with Gasteiger partial charge in [0.15, 0.2) is 5.78 Å². The number of ketones is 1. The van der Waals surface area contributed by atoms with Crippen LogP contribution in [0.15, 0.2) is 27.1 Å². The fraction of sp³-hybridized carbons (Fsp3) is 0.571. The molecule has 8 nitrogen and oxygen atoms in total. The van der Waals surface area contributed by atoms with Gasteiger partial charge in [-0.05, 0) is 23.8 Å². The Morgan fingerprint density at radius 3 is 2.43 bits per heavy atom. The summed E-state index contributed by atoms with van der Waals surface area (Å²) in [7, 11) is 1.39. The van der Waals surface area contributed by atoms with Crippen LogP contribution in [-0.4, -0.2) is 64.0 Å². The Hall–Kier alpha value is -2.23. The Labute approximate surface area is 180 Å². The molecule has 3 heterocycles. The predicted molar refractivity (Wildman–Crippen MR) is 120 cm³/mol. The molecule has 0 amide bonds. The van der Waals surface area contributed by atoms with Crippen LogP contribution in [-0.2, 0) is 20.0 Å². The van der Waals surface area contributed by atoms with Gasteiger partial charge >= 0.3 is 5.69 Å². The second-order valence-corrected chi connectivity index (χ2v) is 9.31. The molecule has 1 fully saturated rings. The standard InChI is InChI=1S/C21H31N5O3S/c1-15(2)13-26-19(22)18(20(28)23(3)21(26)29)17(27)14-25-10-8-24(9-11-25)7-6-16-5-4-12-30-16/h4-5,12,15H,6-11,13-14,22H2,1-3H3. The third-order valence-electron chi connectivity index (χ3n) is 5.50. The molecular formula is C21H31N5O3S. The zero-order valence-electron chi connectivity index (χ0n) is 18.0. The largest absolute Gasteiger partial charge is 0.384 e. The molecule has 164 valence electrons. The van der Waals surface area contributed by atoms with E-state index >= 15 is 0 Å². The number of aromatic nitrogens is 2. The SMILES string of the molecule is CC(C)Cn1c(N)c(C(=O)CN2CCN(CCc3cccs3)CC2)c(=O)n(C)c1=O. The van der Waals surface area contributed by atoms with E-state index in [1.165, 1.54) is 16.5 Å². The minimum Gasteiger partial charge on any atom is -0.384 e. The Morgan fingerprint density at radius 1 is 1.17 bits per heavy atom. The number of Topliss-reactive ketones (excluding diaryl/α,β-unsaturated/α-hetero) is 1. The first-order chi connectivity index (χ1) is 14.3. The highest BCUT2D eigenvalue weighted by atomic mass is 32.1. The second-order valence-electron chi connectivity index (χ2n) is 8.28. The number of nitrogens with zero attached hydrogens (tertiary/aromatic N) is 4. The van der Waals surface area contributed by atoms with E-state index in [1.807, 2.05) is 13.8 Å². The lowest BCUT2D eigenvalue weighted by Gasteiger charge is -2.34. The maximum absolute atomic E-state index is 13.0. The number of nitrogens with two attached hydrogens (primary N) is 1. The lowest BCUT2D eigenvalue weighted by Crippen LogP contribution is -2.49. The molecule has 1 aliphatic rings. The molecule has 1 aliphatic heterocycles. The molecule has 2 N–H and O–H groups in total. The van der Waals surface area contributed by atoms with Crippen molar-refractivity contribution in [2.24, 2.45) is 13.0 Å². The van der Waals surface area contributed by atoms with Gasteiger partial charge in [-0.25, -0.2) is 4.79 Å². The fourth-order valence-corrected chi connectivity index (χ4v) is 4.46. The molecule has 0 aliphatic carbocycles. The van der Waals surface area contributed by atoms with Crippen LogP contribution in [0, 0.1) is 5.92 Å². The van der Waals surface area contributed by atoms with Gasteiger partial charge in [0.25, 0.3) is 5.56 Å². The number of carbonyl (C=O) groups excluding carboxylic acids is 1. The van der Waals surface area contributed by atoms with Gasteiger partial charge in [-0.2, -0.15) is 0 Å². The van der Waals surface area contributed by atoms with Gasteiger partial charge in [-0.15, -0.1) is 11.3 Å². The summed E-state index contributed by atoms with van der Waals surface area (Å²) >= 11 is 1.78. The lowest BCUT2D eigenvalue weighted by molar-refractivity contribution is 0.0852. The average molecular weight is 434 g/mol. The molecule has 0 unspecified atom stereocenters. The van der Waals surface area contributed by atoms with E-state index in [4.69, 9.17) is 5.73 Å². The first-order valence-electron chi connectivity index (χ1n) is 10.4. The zero-order chi connectivity index (χ0) is 21.8. The number of anilines is 1. The molecule has 1 saturated heterocycles. The third-order valence-corrected chi connectivity index (χ3v) is 6.43. The summed E-state index contributed by atoms with van der Waals surface area (Å²) < 4.78 is 2.32. The first-order valence-corrected chi connectivity index (χ1v) is 11.3. The molecule has 3 rings (SSSR count). The van der Waals surface area contributed by atoms with Gasteiger partial charge < -0.3 is 10.6 Å². The highest BCUT2D eigenvalue weighted by Crippen LogP contribution is 2.12. The Kier molecular flexibility index (Phi) is 7.27. The van der Waals surface area contributed by atoms with Crippen molar-refractivity contribution in [2.45, 2.75) is 26.8 Å². The number of hydrogen-bond donors (Lipinski definition) is 1. The molecule has 30 heavy (non-hydrogen) atoms. The van der Waals surface area contributed by atoms with Gasteiger partial charge in [-0.3, -0.25) is 23.6 Å². The van der Waals surface area contributed by atoms with Crippen molar-refractivity contribution in [2.75, 3.05) is 45.0 Å². The number of carbonyl (C=O) groups is 1. The van der Waals surface area contributed by atoms with E-state index in [9.17, 15) is 14.4 Å². The van der Waals surface area contributed by atoms with Crippen molar-refractivity contribution >= 4 is 22.9 Å². The van der Waals surface area contributed by atoms with Crippen LogP contribution in [0.5, 0.6) is 0 Å². The molecule has 2 aromatic heterocycles. The Morgan fingerprint density at radius 2 is 1.83 bits per heavy atom. The van der Waals surface area contributed by atoms with E-state index in [0.29, 0.717) is 6.54 Å². The molecule has 9 heteroatoms. The van der Waals surface area contributed by atoms with Gasteiger partial charge in [0.2, 0.25) is 0 Å². The number of thiophene rings is 1. The van der Waals surface area contributed by atoms with E-state index in [2.05, 4.69) is 27.3 Å². The predicted octanol–water partition coefficient (Wildman–Crippen LogP) is 0.890. The molecule has 0 aromatic carbocycles. The maximum atomic E-state index is 13.0. The highest BCUT2D eigenvalue weighted by molar-refractivity contribution is 7.09.